The number of nitrogens with zero attached hydrogens (tertiary/aromatic N) is 3. The van der Waals surface area contributed by atoms with E-state index in [1.165, 1.54) is 6.92 Å². The summed E-state index contributed by atoms with van der Waals surface area (Å²) in [6.45, 7) is 4.62. The molecule has 4 N–H and O–H groups in total. The third-order valence-electron chi connectivity index (χ3n) is 4.71. The van der Waals surface area contributed by atoms with Crippen molar-refractivity contribution >= 4 is 46.4 Å². The highest BCUT2D eigenvalue weighted by Crippen LogP contribution is 2.30. The Morgan fingerprint density at radius 2 is 1.50 bits per heavy atom. The number of halogens is 2. The van der Waals surface area contributed by atoms with Crippen LogP contribution in [0.5, 0.6) is 0 Å². The van der Waals surface area contributed by atoms with Crippen molar-refractivity contribution < 1.29 is 17.7 Å². The molecule has 0 aliphatic heterocycles. The van der Waals surface area contributed by atoms with Crippen LogP contribution in [0.15, 0.2) is 76.3 Å². The molecule has 0 saturated heterocycles. The Hall–Kier alpha value is -3.47. The largest absolute Gasteiger partial charge is 0.382 e. The fourth-order valence-corrected chi connectivity index (χ4v) is 4.00. The second-order valence-electron chi connectivity index (χ2n) is 7.66. The summed E-state index contributed by atoms with van der Waals surface area (Å²) in [6.07, 6.45) is 1.54. The van der Waals surface area contributed by atoms with Gasteiger partial charge in [0.2, 0.25) is 5.91 Å². The van der Waals surface area contributed by atoms with Gasteiger partial charge >= 0.3 is 0 Å². The van der Waals surface area contributed by atoms with Crippen LogP contribution >= 0.6 is 24.8 Å². The molecule has 9 nitrogen and oxygen atoms in total. The molecule has 4 aromatic rings. The van der Waals surface area contributed by atoms with Crippen LogP contribution < -0.4 is 11.5 Å². The minimum atomic E-state index is -3.34. The Kier molecular flexibility index (Phi) is 11.0. The fraction of sp³-hybridized carbons (Fsp3) is 0.167. The number of anilines is 1. The molecule has 0 atom stereocenters. The van der Waals surface area contributed by atoms with Gasteiger partial charge in [-0.05, 0) is 26.0 Å². The van der Waals surface area contributed by atoms with Crippen LogP contribution in [0.2, 0.25) is 0 Å². The van der Waals surface area contributed by atoms with E-state index in [0.29, 0.717) is 28.4 Å². The van der Waals surface area contributed by atoms with E-state index < -0.39 is 15.1 Å². The molecule has 4 rings (SSSR count). The van der Waals surface area contributed by atoms with Crippen molar-refractivity contribution in [3.8, 4) is 34.0 Å². The lowest BCUT2D eigenvalue weighted by molar-refractivity contribution is -0.115. The highest BCUT2D eigenvalue weighted by Gasteiger charge is 2.19. The van der Waals surface area contributed by atoms with Gasteiger partial charge in [0.25, 0.3) is 0 Å². The molecule has 0 spiro atoms. The molecule has 0 unspecified atom stereocenters. The molecule has 1 amide bonds. The van der Waals surface area contributed by atoms with E-state index in [4.69, 9.17) is 10.3 Å². The average Bonchev–Trinajstić information content (AvgIpc) is 3.30. The van der Waals surface area contributed by atoms with Crippen molar-refractivity contribution in [3.63, 3.8) is 0 Å². The molecule has 0 aliphatic rings. The third kappa shape index (κ3) is 7.27. The van der Waals surface area contributed by atoms with E-state index in [-0.39, 0.29) is 41.4 Å². The molecule has 12 heteroatoms. The lowest BCUT2D eigenvalue weighted by Gasteiger charge is -2.09. The molecule has 0 aliphatic carbocycles. The minimum Gasteiger partial charge on any atom is -0.382 e. The number of benzene rings is 2. The standard InChI is InChI=1S/C22H20N4O3S.C2H5NO.2ClH/c1-14(2)30(27,28)17-10-8-16(9-11-17)19-13-24-22(23)21(25-19)20-12-18(26-29-20)15-6-4-3-5-7-15;1-2(3)4;;/h3-14H,1-2H3,(H2,23,24);1H3,(H2,3,4);2*1H. The van der Waals surface area contributed by atoms with Crippen molar-refractivity contribution in [1.82, 2.24) is 15.1 Å². The van der Waals surface area contributed by atoms with Crippen molar-refractivity contribution in [2.45, 2.75) is 30.9 Å². The summed E-state index contributed by atoms with van der Waals surface area (Å²) in [5, 5.41) is 3.61. The number of amides is 1. The molecule has 192 valence electrons. The van der Waals surface area contributed by atoms with Crippen molar-refractivity contribution in [2.24, 2.45) is 5.73 Å². The number of hydrogen-bond acceptors (Lipinski definition) is 8. The number of aromatic nitrogens is 3. The summed E-state index contributed by atoms with van der Waals surface area (Å²) < 4.78 is 30.1. The van der Waals surface area contributed by atoms with Gasteiger partial charge in [-0.15, -0.1) is 24.8 Å². The maximum absolute atomic E-state index is 12.3. The van der Waals surface area contributed by atoms with E-state index >= 15 is 0 Å². The monoisotopic (exact) mass is 551 g/mol. The first-order valence-electron chi connectivity index (χ1n) is 10.3. The second-order valence-corrected chi connectivity index (χ2v) is 10.2. The van der Waals surface area contributed by atoms with Crippen molar-refractivity contribution in [2.75, 3.05) is 5.73 Å². The zero-order valence-corrected chi connectivity index (χ0v) is 22.2. The van der Waals surface area contributed by atoms with Gasteiger partial charge in [0, 0.05) is 24.1 Å². The Morgan fingerprint density at radius 3 is 2.06 bits per heavy atom. The zero-order chi connectivity index (χ0) is 24.9. The first-order chi connectivity index (χ1) is 16.1. The van der Waals surface area contributed by atoms with Crippen LogP contribution in [-0.4, -0.2) is 34.7 Å². The quantitative estimate of drug-likeness (QED) is 0.365. The summed E-state index contributed by atoms with van der Waals surface area (Å²) in [4.78, 5) is 18.3. The predicted molar refractivity (Wildman–Crippen MR) is 144 cm³/mol. The first-order valence-corrected chi connectivity index (χ1v) is 11.9. The van der Waals surface area contributed by atoms with Gasteiger partial charge in [0.05, 0.1) is 22.0 Å². The van der Waals surface area contributed by atoms with Crippen LogP contribution in [0, 0.1) is 0 Å². The average molecular weight is 552 g/mol. The molecular weight excluding hydrogens is 525 g/mol. The number of rotatable bonds is 5. The van der Waals surface area contributed by atoms with E-state index in [1.807, 2.05) is 30.3 Å². The number of primary amides is 1. The van der Waals surface area contributed by atoms with Crippen LogP contribution in [0.3, 0.4) is 0 Å². The van der Waals surface area contributed by atoms with Crippen molar-refractivity contribution in [1.29, 1.82) is 0 Å². The lowest BCUT2D eigenvalue weighted by Crippen LogP contribution is -2.13. The van der Waals surface area contributed by atoms with Gasteiger partial charge in [-0.3, -0.25) is 4.79 Å². The van der Waals surface area contributed by atoms with E-state index in [0.717, 1.165) is 5.56 Å². The number of sulfone groups is 1. The fourth-order valence-electron chi connectivity index (χ4n) is 2.94. The number of nitrogen functional groups attached to an aromatic ring is 1. The Labute approximate surface area is 222 Å². The third-order valence-corrected chi connectivity index (χ3v) is 6.88. The SMILES string of the molecule is CC(C)S(=O)(=O)c1ccc(-c2cnc(N)c(-c3cc(-c4ccccc4)no3)n2)cc1.CC(N)=O.Cl.Cl. The summed E-state index contributed by atoms with van der Waals surface area (Å²) in [6, 6.07) is 17.9. The van der Waals surface area contributed by atoms with Gasteiger partial charge < -0.3 is 16.0 Å². The Balaban J connectivity index is 0.00000101. The van der Waals surface area contributed by atoms with Crippen LogP contribution in [0.1, 0.15) is 20.8 Å². The number of hydrogen-bond donors (Lipinski definition) is 2. The molecular formula is C24H27Cl2N5O4S. The topological polar surface area (TPSA) is 155 Å². The summed E-state index contributed by atoms with van der Waals surface area (Å²) in [5.41, 5.74) is 13.7. The van der Waals surface area contributed by atoms with Crippen LogP contribution in [0.4, 0.5) is 5.82 Å². The molecule has 2 aromatic heterocycles. The molecule has 0 radical (unpaired) electrons. The molecule has 0 fully saturated rings. The lowest BCUT2D eigenvalue weighted by atomic mass is 10.1. The number of nitrogens with two attached hydrogens (primary N) is 2. The summed E-state index contributed by atoms with van der Waals surface area (Å²) in [5.74, 6) is 0.285. The molecule has 36 heavy (non-hydrogen) atoms. The number of carbonyl (C=O) groups is 1. The van der Waals surface area contributed by atoms with Gasteiger partial charge in [-0.2, -0.15) is 0 Å². The Morgan fingerprint density at radius 1 is 0.944 bits per heavy atom. The second kappa shape index (κ2) is 13.0. The summed E-state index contributed by atoms with van der Waals surface area (Å²) in [7, 11) is -3.34. The minimum absolute atomic E-state index is 0. The van der Waals surface area contributed by atoms with Crippen molar-refractivity contribution in [3.05, 3.63) is 66.9 Å². The van der Waals surface area contributed by atoms with Gasteiger partial charge in [0.1, 0.15) is 5.69 Å². The smallest absolute Gasteiger partial charge is 0.214 e. The maximum atomic E-state index is 12.3. The first kappa shape index (κ1) is 30.6. The van der Waals surface area contributed by atoms with E-state index in [9.17, 15) is 13.2 Å². The molecule has 0 bridgehead atoms. The molecule has 0 saturated carbocycles. The normalized spacial score (nSPS) is 10.4. The Bertz CT molecular complexity index is 1390. The number of carbonyl (C=O) groups excluding carboxylic acids is 1. The van der Waals surface area contributed by atoms with Crippen LogP contribution in [-0.2, 0) is 14.6 Å². The molecule has 2 heterocycles. The highest BCUT2D eigenvalue weighted by molar-refractivity contribution is 7.92. The zero-order valence-electron chi connectivity index (χ0n) is 19.8. The van der Waals surface area contributed by atoms with Gasteiger partial charge in [-0.25, -0.2) is 18.4 Å². The molecule has 2 aromatic carbocycles. The maximum Gasteiger partial charge on any atom is 0.214 e. The van der Waals surface area contributed by atoms with Crippen LogP contribution in [0.25, 0.3) is 34.0 Å². The van der Waals surface area contributed by atoms with E-state index in [1.54, 1.807) is 50.4 Å². The van der Waals surface area contributed by atoms with E-state index in [2.05, 4.69) is 20.9 Å². The highest BCUT2D eigenvalue weighted by atomic mass is 35.5. The van der Waals surface area contributed by atoms with Gasteiger partial charge in [-0.1, -0.05) is 47.6 Å². The van der Waals surface area contributed by atoms with Gasteiger partial charge in [0.15, 0.2) is 27.1 Å². The predicted octanol–water partition coefficient (Wildman–Crippen LogP) is 4.57. The summed E-state index contributed by atoms with van der Waals surface area (Å²) >= 11 is 0.